The van der Waals surface area contributed by atoms with E-state index in [0.717, 1.165) is 30.6 Å². The smallest absolute Gasteiger partial charge is 0.243 e. The number of rotatable bonds is 5. The first kappa shape index (κ1) is 19.1. The molecule has 1 fully saturated rings. The molecule has 2 aliphatic rings. The maximum Gasteiger partial charge on any atom is 0.243 e. The predicted molar refractivity (Wildman–Crippen MR) is 106 cm³/mol. The highest BCUT2D eigenvalue weighted by Gasteiger charge is 2.32. The summed E-state index contributed by atoms with van der Waals surface area (Å²) in [6, 6.07) is 5.13. The standard InChI is InChI=1S/C20H21N5O4S/c26-30(27,16-3-4-18-15(11-16)5-9-28-18)25-8-1-2-14(13-25)10-19-23-20(24-29-19)17-12-21-6-7-22-17/h3-4,6-7,11-12,14H,1-2,5,8-10,13H2. The number of benzene rings is 1. The highest BCUT2D eigenvalue weighted by Crippen LogP contribution is 2.31. The molecule has 0 saturated carbocycles. The van der Waals surface area contributed by atoms with Crippen molar-refractivity contribution < 1.29 is 17.7 Å². The number of sulfonamides is 1. The van der Waals surface area contributed by atoms with Crippen molar-refractivity contribution in [3.8, 4) is 17.3 Å². The molecule has 1 saturated heterocycles. The minimum absolute atomic E-state index is 0.112. The first-order chi connectivity index (χ1) is 14.6. The summed E-state index contributed by atoms with van der Waals surface area (Å²) < 4.78 is 38.8. The maximum atomic E-state index is 13.2. The molecular formula is C20H21N5O4S. The number of hydrogen-bond donors (Lipinski definition) is 0. The van der Waals surface area contributed by atoms with E-state index in [0.29, 0.717) is 48.4 Å². The number of ether oxygens (including phenoxy) is 1. The third-order valence-electron chi connectivity index (χ3n) is 5.50. The lowest BCUT2D eigenvalue weighted by atomic mass is 9.96. The Morgan fingerprint density at radius 2 is 2.17 bits per heavy atom. The van der Waals surface area contributed by atoms with E-state index in [1.807, 2.05) is 0 Å². The van der Waals surface area contributed by atoms with Gasteiger partial charge in [0.25, 0.3) is 0 Å². The van der Waals surface area contributed by atoms with E-state index >= 15 is 0 Å². The van der Waals surface area contributed by atoms with Gasteiger partial charge in [0.1, 0.15) is 11.4 Å². The van der Waals surface area contributed by atoms with Crippen molar-refractivity contribution in [1.29, 1.82) is 0 Å². The van der Waals surface area contributed by atoms with E-state index < -0.39 is 10.0 Å². The molecule has 5 rings (SSSR count). The molecule has 4 heterocycles. The average molecular weight is 427 g/mol. The van der Waals surface area contributed by atoms with Gasteiger partial charge < -0.3 is 9.26 Å². The van der Waals surface area contributed by atoms with Crippen LogP contribution in [0.25, 0.3) is 11.5 Å². The topological polar surface area (TPSA) is 111 Å². The number of piperidine rings is 1. The Labute approximate surface area is 174 Å². The van der Waals surface area contributed by atoms with Crippen LogP contribution in [-0.2, 0) is 22.9 Å². The average Bonchev–Trinajstić information content (AvgIpc) is 3.43. The third kappa shape index (κ3) is 3.68. The molecule has 0 aliphatic carbocycles. The quantitative estimate of drug-likeness (QED) is 0.609. The van der Waals surface area contributed by atoms with Crippen LogP contribution in [0.4, 0.5) is 0 Å². The van der Waals surface area contributed by atoms with E-state index in [4.69, 9.17) is 9.26 Å². The van der Waals surface area contributed by atoms with Crippen LogP contribution in [-0.4, -0.2) is 52.5 Å². The lowest BCUT2D eigenvalue weighted by Crippen LogP contribution is -2.40. The van der Waals surface area contributed by atoms with Crippen LogP contribution in [0.15, 0.2) is 46.2 Å². The largest absolute Gasteiger partial charge is 0.493 e. The van der Waals surface area contributed by atoms with Gasteiger partial charge in [0, 0.05) is 38.3 Å². The summed E-state index contributed by atoms with van der Waals surface area (Å²) >= 11 is 0. The highest BCUT2D eigenvalue weighted by atomic mass is 32.2. The molecule has 0 N–H and O–H groups in total. The molecule has 30 heavy (non-hydrogen) atoms. The Hall–Kier alpha value is -2.85. The van der Waals surface area contributed by atoms with Gasteiger partial charge in [-0.2, -0.15) is 9.29 Å². The van der Waals surface area contributed by atoms with Crippen molar-refractivity contribution in [2.45, 2.75) is 30.6 Å². The summed E-state index contributed by atoms with van der Waals surface area (Å²) in [5, 5.41) is 3.97. The van der Waals surface area contributed by atoms with Crippen molar-refractivity contribution >= 4 is 10.0 Å². The summed E-state index contributed by atoms with van der Waals surface area (Å²) in [6.45, 7) is 1.55. The molecule has 0 amide bonds. The van der Waals surface area contributed by atoms with Crippen molar-refractivity contribution in [2.75, 3.05) is 19.7 Å². The minimum Gasteiger partial charge on any atom is -0.493 e. The van der Waals surface area contributed by atoms with Gasteiger partial charge in [-0.05, 0) is 42.5 Å². The fraction of sp³-hybridized carbons (Fsp3) is 0.400. The van der Waals surface area contributed by atoms with Crippen LogP contribution in [0.5, 0.6) is 5.75 Å². The van der Waals surface area contributed by atoms with Crippen LogP contribution in [0.2, 0.25) is 0 Å². The van der Waals surface area contributed by atoms with E-state index in [1.54, 1.807) is 41.1 Å². The highest BCUT2D eigenvalue weighted by molar-refractivity contribution is 7.89. The summed E-state index contributed by atoms with van der Waals surface area (Å²) in [5.74, 6) is 1.76. The van der Waals surface area contributed by atoms with Gasteiger partial charge in [0.05, 0.1) is 17.7 Å². The van der Waals surface area contributed by atoms with Crippen LogP contribution in [0.1, 0.15) is 24.3 Å². The SMILES string of the molecule is O=S(=O)(c1ccc2c(c1)CCO2)N1CCCC(Cc2nc(-c3cnccn3)no2)C1. The first-order valence-electron chi connectivity index (χ1n) is 9.94. The molecule has 9 nitrogen and oxygen atoms in total. The Balaban J connectivity index is 1.30. The normalized spacial score (nSPS) is 19.4. The van der Waals surface area contributed by atoms with Crippen molar-refractivity contribution in [2.24, 2.45) is 5.92 Å². The van der Waals surface area contributed by atoms with Crippen LogP contribution < -0.4 is 4.74 Å². The van der Waals surface area contributed by atoms with Gasteiger partial charge >= 0.3 is 0 Å². The summed E-state index contributed by atoms with van der Waals surface area (Å²) in [6.07, 6.45) is 7.70. The zero-order valence-electron chi connectivity index (χ0n) is 16.3. The van der Waals surface area contributed by atoms with Gasteiger partial charge in [0.2, 0.25) is 21.7 Å². The zero-order chi connectivity index (χ0) is 20.6. The Kier molecular flexibility index (Phi) is 4.95. The Morgan fingerprint density at radius 3 is 3.03 bits per heavy atom. The van der Waals surface area contributed by atoms with Crippen LogP contribution in [0, 0.1) is 5.92 Å². The van der Waals surface area contributed by atoms with Crippen LogP contribution in [0.3, 0.4) is 0 Å². The minimum atomic E-state index is -3.55. The summed E-state index contributed by atoms with van der Waals surface area (Å²) in [5.41, 5.74) is 1.49. The molecule has 0 radical (unpaired) electrons. The molecular weight excluding hydrogens is 406 g/mol. The number of fused-ring (bicyclic) bond motifs is 1. The lowest BCUT2D eigenvalue weighted by Gasteiger charge is -2.31. The first-order valence-corrected chi connectivity index (χ1v) is 11.4. The molecule has 2 aromatic heterocycles. The third-order valence-corrected chi connectivity index (χ3v) is 7.37. The van der Waals surface area contributed by atoms with Gasteiger partial charge in [0.15, 0.2) is 0 Å². The second-order valence-electron chi connectivity index (χ2n) is 7.55. The van der Waals surface area contributed by atoms with E-state index in [-0.39, 0.29) is 5.92 Å². The molecule has 2 aliphatic heterocycles. The number of aromatic nitrogens is 4. The summed E-state index contributed by atoms with van der Waals surface area (Å²) in [4.78, 5) is 12.9. The fourth-order valence-corrected chi connectivity index (χ4v) is 5.59. The molecule has 0 bridgehead atoms. The van der Waals surface area contributed by atoms with Crippen molar-refractivity contribution in [3.05, 3.63) is 48.2 Å². The molecule has 156 valence electrons. The summed E-state index contributed by atoms with van der Waals surface area (Å²) in [7, 11) is -3.55. The van der Waals surface area contributed by atoms with Gasteiger partial charge in [-0.15, -0.1) is 0 Å². The number of nitrogens with zero attached hydrogens (tertiary/aromatic N) is 5. The van der Waals surface area contributed by atoms with Gasteiger partial charge in [-0.25, -0.2) is 13.4 Å². The molecule has 1 atom stereocenters. The second kappa shape index (κ2) is 7.77. The monoisotopic (exact) mass is 427 g/mol. The fourth-order valence-electron chi connectivity index (χ4n) is 3.99. The van der Waals surface area contributed by atoms with E-state index in [1.165, 1.54) is 0 Å². The lowest BCUT2D eigenvalue weighted by molar-refractivity contribution is 0.247. The molecule has 1 aromatic carbocycles. The van der Waals surface area contributed by atoms with E-state index in [2.05, 4.69) is 20.1 Å². The maximum absolute atomic E-state index is 13.2. The number of hydrogen-bond acceptors (Lipinski definition) is 8. The zero-order valence-corrected chi connectivity index (χ0v) is 17.1. The molecule has 0 spiro atoms. The van der Waals surface area contributed by atoms with Crippen molar-refractivity contribution in [1.82, 2.24) is 24.4 Å². The second-order valence-corrected chi connectivity index (χ2v) is 9.48. The molecule has 10 heteroatoms. The Morgan fingerprint density at radius 1 is 1.23 bits per heavy atom. The van der Waals surface area contributed by atoms with E-state index in [9.17, 15) is 8.42 Å². The van der Waals surface area contributed by atoms with Gasteiger partial charge in [-0.3, -0.25) is 4.98 Å². The van der Waals surface area contributed by atoms with Gasteiger partial charge in [-0.1, -0.05) is 5.16 Å². The Bertz CT molecular complexity index is 1150. The van der Waals surface area contributed by atoms with Crippen molar-refractivity contribution in [3.63, 3.8) is 0 Å². The molecule has 1 unspecified atom stereocenters. The van der Waals surface area contributed by atoms with Crippen LogP contribution >= 0.6 is 0 Å². The molecule has 3 aromatic rings. The predicted octanol–water partition coefficient (Wildman–Crippen LogP) is 2.10.